The third kappa shape index (κ3) is 4.43. The molecule has 3 aromatic rings. The Kier molecular flexibility index (Phi) is 5.69. The summed E-state index contributed by atoms with van der Waals surface area (Å²) in [6, 6.07) is 15.7. The van der Waals surface area contributed by atoms with Crippen LogP contribution in [0.3, 0.4) is 0 Å². The van der Waals surface area contributed by atoms with Crippen LogP contribution in [-0.2, 0) is 6.54 Å². The minimum atomic E-state index is 0.400. The highest BCUT2D eigenvalue weighted by Crippen LogP contribution is 2.28. The first-order valence-corrected chi connectivity index (χ1v) is 8.89. The Morgan fingerprint density at radius 1 is 1.11 bits per heavy atom. The minimum Gasteiger partial charge on any atom is -0.366 e. The van der Waals surface area contributed by atoms with Crippen LogP contribution >= 0.6 is 0 Å². The summed E-state index contributed by atoms with van der Waals surface area (Å²) >= 11 is 0. The maximum atomic E-state index is 8.48. The highest BCUT2D eigenvalue weighted by molar-refractivity contribution is 5.63. The van der Waals surface area contributed by atoms with Gasteiger partial charge in [-0.3, -0.25) is 0 Å². The quantitative estimate of drug-likeness (QED) is 0.327. The topological polar surface area (TPSA) is 86.6 Å². The summed E-state index contributed by atoms with van der Waals surface area (Å²) in [7, 11) is 0. The zero-order chi connectivity index (χ0) is 19.2. The second-order valence-electron chi connectivity index (χ2n) is 6.68. The lowest BCUT2D eigenvalue weighted by atomic mass is 9.97. The van der Waals surface area contributed by atoms with E-state index < -0.39 is 0 Å². The first-order valence-electron chi connectivity index (χ1n) is 8.89. The van der Waals surface area contributed by atoms with Gasteiger partial charge in [-0.05, 0) is 29.5 Å². The van der Waals surface area contributed by atoms with Crippen LogP contribution in [0.25, 0.3) is 21.8 Å². The van der Waals surface area contributed by atoms with E-state index in [1.807, 2.05) is 37.4 Å². The van der Waals surface area contributed by atoms with E-state index in [-0.39, 0.29) is 0 Å². The van der Waals surface area contributed by atoms with E-state index in [2.05, 4.69) is 46.3 Å². The van der Waals surface area contributed by atoms with Crippen LogP contribution in [0.4, 0.5) is 11.5 Å². The highest BCUT2D eigenvalue weighted by Gasteiger charge is 2.12. The molecule has 0 bridgehead atoms. The number of anilines is 1. The molecule has 0 saturated heterocycles. The average Bonchev–Trinajstić information content (AvgIpc) is 2.69. The third-order valence-corrected chi connectivity index (χ3v) is 4.35. The van der Waals surface area contributed by atoms with E-state index >= 15 is 0 Å². The molecule has 1 heterocycles. The van der Waals surface area contributed by atoms with Gasteiger partial charge < -0.3 is 5.32 Å². The molecule has 136 valence electrons. The smallest absolute Gasteiger partial charge is 0.161 e. The molecule has 0 fully saturated rings. The van der Waals surface area contributed by atoms with Crippen LogP contribution in [0.15, 0.2) is 59.8 Å². The Hall–Kier alpha value is -3.37. The summed E-state index contributed by atoms with van der Waals surface area (Å²) < 4.78 is 0. The van der Waals surface area contributed by atoms with Crippen molar-refractivity contribution in [1.29, 1.82) is 0 Å². The number of azide groups is 1. The van der Waals surface area contributed by atoms with Gasteiger partial charge in [-0.25, -0.2) is 9.97 Å². The molecule has 6 heteroatoms. The maximum Gasteiger partial charge on any atom is 0.161 e. The second kappa shape index (κ2) is 8.34. The van der Waals surface area contributed by atoms with Crippen molar-refractivity contribution in [3.8, 4) is 11.4 Å². The van der Waals surface area contributed by atoms with Crippen molar-refractivity contribution in [1.82, 2.24) is 9.97 Å². The maximum absolute atomic E-state index is 8.48. The van der Waals surface area contributed by atoms with Crippen LogP contribution < -0.4 is 5.32 Å². The van der Waals surface area contributed by atoms with Gasteiger partial charge >= 0.3 is 0 Å². The fourth-order valence-corrected chi connectivity index (χ4v) is 2.87. The first kappa shape index (κ1) is 18.4. The van der Waals surface area contributed by atoms with Gasteiger partial charge in [0.2, 0.25) is 0 Å². The van der Waals surface area contributed by atoms with E-state index in [0.29, 0.717) is 18.2 Å². The van der Waals surface area contributed by atoms with Crippen molar-refractivity contribution < 1.29 is 0 Å². The molecule has 0 atom stereocenters. The van der Waals surface area contributed by atoms with Gasteiger partial charge in [-0.15, -0.1) is 0 Å². The van der Waals surface area contributed by atoms with Crippen molar-refractivity contribution in [2.45, 2.75) is 33.2 Å². The summed E-state index contributed by atoms with van der Waals surface area (Å²) in [5, 5.41) is 6.97. The molecule has 0 aliphatic rings. The number of hydrogen-bond donors (Lipinski definition) is 1. The standard InChI is InChI=1S/C21H22N6/c1-14(2)18-6-4-5-7-19(18)21-23-12-15(3)20(25-21)24-13-16-8-10-17(11-9-16)26-27-22/h4-12,14H,13H2,1-3H3,(H,23,24,25). The number of nitrogens with one attached hydrogen (secondary N) is 1. The second-order valence-corrected chi connectivity index (χ2v) is 6.68. The molecule has 6 nitrogen and oxygen atoms in total. The zero-order valence-electron chi connectivity index (χ0n) is 15.7. The van der Waals surface area contributed by atoms with Gasteiger partial charge in [-0.1, -0.05) is 67.5 Å². The zero-order valence-corrected chi connectivity index (χ0v) is 15.7. The molecule has 0 radical (unpaired) electrons. The molecule has 1 N–H and O–H groups in total. The highest BCUT2D eigenvalue weighted by atomic mass is 15.1. The Morgan fingerprint density at radius 3 is 2.56 bits per heavy atom. The van der Waals surface area contributed by atoms with Gasteiger partial charge in [0, 0.05) is 34.5 Å². The van der Waals surface area contributed by atoms with Crippen molar-refractivity contribution >= 4 is 11.5 Å². The van der Waals surface area contributed by atoms with Crippen LogP contribution in [0.1, 0.15) is 36.5 Å². The van der Waals surface area contributed by atoms with Crippen molar-refractivity contribution in [3.63, 3.8) is 0 Å². The molecule has 0 saturated carbocycles. The van der Waals surface area contributed by atoms with Crippen molar-refractivity contribution in [3.05, 3.63) is 81.9 Å². The van der Waals surface area contributed by atoms with Gasteiger partial charge in [0.1, 0.15) is 5.82 Å². The lowest BCUT2D eigenvalue weighted by Gasteiger charge is -2.14. The Morgan fingerprint density at radius 2 is 1.85 bits per heavy atom. The molecular weight excluding hydrogens is 336 g/mol. The fraction of sp³-hybridized carbons (Fsp3) is 0.238. The molecule has 0 spiro atoms. The Labute approximate surface area is 158 Å². The lowest BCUT2D eigenvalue weighted by Crippen LogP contribution is -2.05. The number of aryl methyl sites for hydroxylation is 1. The molecule has 0 amide bonds. The predicted molar refractivity (Wildman–Crippen MR) is 109 cm³/mol. The molecule has 0 aliphatic carbocycles. The van der Waals surface area contributed by atoms with E-state index in [4.69, 9.17) is 10.5 Å². The van der Waals surface area contributed by atoms with Crippen LogP contribution in [0.2, 0.25) is 0 Å². The number of rotatable bonds is 6. The molecule has 3 rings (SSSR count). The van der Waals surface area contributed by atoms with Crippen LogP contribution in [0, 0.1) is 6.92 Å². The molecule has 2 aromatic carbocycles. The molecule has 27 heavy (non-hydrogen) atoms. The summed E-state index contributed by atoms with van der Waals surface area (Å²) in [5.41, 5.74) is 13.5. The number of aromatic nitrogens is 2. The lowest BCUT2D eigenvalue weighted by molar-refractivity contribution is 0.866. The van der Waals surface area contributed by atoms with Crippen LogP contribution in [0.5, 0.6) is 0 Å². The average molecular weight is 358 g/mol. The number of hydrogen-bond acceptors (Lipinski definition) is 4. The molecule has 0 aliphatic heterocycles. The van der Waals surface area contributed by atoms with Crippen molar-refractivity contribution in [2.75, 3.05) is 5.32 Å². The monoisotopic (exact) mass is 358 g/mol. The van der Waals surface area contributed by atoms with Gasteiger partial charge in [0.25, 0.3) is 0 Å². The Balaban J connectivity index is 1.83. The van der Waals surface area contributed by atoms with E-state index in [1.165, 1.54) is 5.56 Å². The summed E-state index contributed by atoms with van der Waals surface area (Å²) in [4.78, 5) is 12.1. The third-order valence-electron chi connectivity index (χ3n) is 4.35. The van der Waals surface area contributed by atoms with E-state index in [1.54, 1.807) is 12.1 Å². The molecule has 0 unspecified atom stereocenters. The van der Waals surface area contributed by atoms with Gasteiger partial charge in [0.15, 0.2) is 5.82 Å². The largest absolute Gasteiger partial charge is 0.366 e. The van der Waals surface area contributed by atoms with Gasteiger partial charge in [-0.2, -0.15) is 0 Å². The summed E-state index contributed by atoms with van der Waals surface area (Å²) in [6.07, 6.45) is 1.85. The van der Waals surface area contributed by atoms with Gasteiger partial charge in [0.05, 0.1) is 0 Å². The van der Waals surface area contributed by atoms with E-state index in [0.717, 1.165) is 28.3 Å². The predicted octanol–water partition coefficient (Wildman–Crippen LogP) is 6.13. The Bertz CT molecular complexity index is 972. The first-order chi connectivity index (χ1) is 13.1. The SMILES string of the molecule is Cc1cnc(-c2ccccc2C(C)C)nc1NCc1ccc(N=[N+]=[N-])cc1. The summed E-state index contributed by atoms with van der Waals surface area (Å²) in [6.45, 7) is 6.96. The minimum absolute atomic E-state index is 0.400. The van der Waals surface area contributed by atoms with E-state index in [9.17, 15) is 0 Å². The normalized spacial score (nSPS) is 10.5. The summed E-state index contributed by atoms with van der Waals surface area (Å²) in [5.74, 6) is 1.95. The van der Waals surface area contributed by atoms with Crippen LogP contribution in [-0.4, -0.2) is 9.97 Å². The number of nitrogens with zero attached hydrogens (tertiary/aromatic N) is 5. The fourth-order valence-electron chi connectivity index (χ4n) is 2.87. The number of benzene rings is 2. The molecular formula is C21H22N6. The molecule has 1 aromatic heterocycles. The van der Waals surface area contributed by atoms with Crippen molar-refractivity contribution in [2.24, 2.45) is 5.11 Å².